The average molecular weight is 455 g/mol. The smallest absolute Gasteiger partial charge is 0.316 e. The average Bonchev–Trinajstić information content (AvgIpc) is 3.30. The monoisotopic (exact) mass is 454 g/mol. The fraction of sp³-hybridized carbons (Fsp3) is 0.391. The molecule has 2 unspecified atom stereocenters. The highest BCUT2D eigenvalue weighted by molar-refractivity contribution is 9.10. The molecule has 150 valence electrons. The maximum atomic E-state index is 12.8. The molecule has 0 amide bonds. The predicted molar refractivity (Wildman–Crippen MR) is 115 cm³/mol. The van der Waals surface area contributed by atoms with Crippen molar-refractivity contribution in [3.8, 4) is 11.4 Å². The minimum Gasteiger partial charge on any atom is -0.481 e. The van der Waals surface area contributed by atoms with Gasteiger partial charge in [-0.3, -0.25) is 4.79 Å². The Morgan fingerprint density at radius 1 is 1.31 bits per heavy atom. The molecule has 2 aliphatic rings. The first-order valence-corrected chi connectivity index (χ1v) is 10.8. The second kappa shape index (κ2) is 6.67. The summed E-state index contributed by atoms with van der Waals surface area (Å²) in [6.45, 7) is 5.24. The molecule has 0 spiro atoms. The van der Waals surface area contributed by atoms with Gasteiger partial charge in [-0.15, -0.1) is 0 Å². The van der Waals surface area contributed by atoms with Gasteiger partial charge in [-0.2, -0.15) is 0 Å². The number of rotatable bonds is 3. The van der Waals surface area contributed by atoms with E-state index in [1.807, 2.05) is 18.2 Å². The summed E-state index contributed by atoms with van der Waals surface area (Å²) in [4.78, 5) is 17.7. The maximum absolute atomic E-state index is 12.8. The highest BCUT2D eigenvalue weighted by atomic mass is 79.9. The van der Waals surface area contributed by atoms with E-state index in [-0.39, 0.29) is 6.10 Å². The van der Waals surface area contributed by atoms with Crippen LogP contribution in [-0.2, 0) is 21.5 Å². The molecule has 0 bridgehead atoms. The molecule has 3 aromatic rings. The topological polar surface area (TPSA) is 64.4 Å². The number of aryl methyl sites for hydroxylation is 2. The van der Waals surface area contributed by atoms with Gasteiger partial charge in [-0.25, -0.2) is 4.98 Å². The minimum absolute atomic E-state index is 0.0294. The number of fused-ring (bicyclic) bond motifs is 5. The Labute approximate surface area is 177 Å². The van der Waals surface area contributed by atoms with E-state index in [0.29, 0.717) is 19.6 Å². The predicted octanol–water partition coefficient (Wildman–Crippen LogP) is 4.99. The molecule has 6 heteroatoms. The number of carboxylic acid groups (broad SMARTS) is 1. The summed E-state index contributed by atoms with van der Waals surface area (Å²) in [7, 11) is 0. The first kappa shape index (κ1) is 18.8. The van der Waals surface area contributed by atoms with E-state index in [4.69, 9.17) is 9.72 Å². The van der Waals surface area contributed by atoms with Crippen LogP contribution in [0.1, 0.15) is 36.0 Å². The van der Waals surface area contributed by atoms with Gasteiger partial charge in [0.2, 0.25) is 0 Å². The van der Waals surface area contributed by atoms with Crippen LogP contribution in [0.4, 0.5) is 0 Å². The van der Waals surface area contributed by atoms with Crippen molar-refractivity contribution in [2.45, 2.75) is 51.2 Å². The van der Waals surface area contributed by atoms with Crippen molar-refractivity contribution in [2.24, 2.45) is 0 Å². The summed E-state index contributed by atoms with van der Waals surface area (Å²) in [5.74, 6) is 0.0420. The number of carbonyl (C=O) groups is 1. The number of imidazole rings is 1. The molecule has 2 atom stereocenters. The third-order valence-electron chi connectivity index (χ3n) is 6.54. The summed E-state index contributed by atoms with van der Waals surface area (Å²) in [6.07, 6.45) is 2.34. The van der Waals surface area contributed by atoms with E-state index in [1.165, 1.54) is 11.1 Å². The minimum atomic E-state index is -1.05. The fourth-order valence-electron chi connectivity index (χ4n) is 4.85. The standard InChI is InChI=1S/C23H23BrN2O3/c1-13-8-19-20(9-14(13)2)26-12-23(22(27)28,11-16-4-3-7-29-16)18-10-15(24)5-6-17(18)21(26)25-19/h5-6,8-10,16H,3-4,7,11-12H2,1-2H3,(H,27,28). The molecule has 1 N–H and O–H groups in total. The molecular weight excluding hydrogens is 432 g/mol. The Balaban J connectivity index is 1.78. The number of aliphatic carboxylic acids is 1. The first-order chi connectivity index (χ1) is 13.9. The van der Waals surface area contributed by atoms with Gasteiger partial charge in [0.15, 0.2) is 0 Å². The zero-order valence-corrected chi connectivity index (χ0v) is 18.1. The van der Waals surface area contributed by atoms with Crippen LogP contribution in [0.3, 0.4) is 0 Å². The first-order valence-electron chi connectivity index (χ1n) is 10.0. The molecule has 1 fully saturated rings. The van der Waals surface area contributed by atoms with Gasteiger partial charge in [0.05, 0.1) is 17.1 Å². The number of carboxylic acids is 1. The molecule has 2 aliphatic heterocycles. The molecule has 0 aliphatic carbocycles. The lowest BCUT2D eigenvalue weighted by molar-refractivity contribution is -0.146. The SMILES string of the molecule is Cc1cc2nc3n(c2cc1C)CC(CC1CCCO1)(C(=O)O)c1cc(Br)ccc1-3. The highest BCUT2D eigenvalue weighted by Crippen LogP contribution is 2.46. The summed E-state index contributed by atoms with van der Waals surface area (Å²) in [5.41, 5.74) is 4.95. The van der Waals surface area contributed by atoms with Crippen LogP contribution < -0.4 is 0 Å². The molecule has 5 rings (SSSR count). The molecule has 0 saturated carbocycles. The van der Waals surface area contributed by atoms with Crippen molar-refractivity contribution < 1.29 is 14.6 Å². The number of nitrogens with zero attached hydrogens (tertiary/aromatic N) is 2. The van der Waals surface area contributed by atoms with E-state index < -0.39 is 11.4 Å². The van der Waals surface area contributed by atoms with Crippen LogP contribution in [0.5, 0.6) is 0 Å². The van der Waals surface area contributed by atoms with Crippen LogP contribution in [0, 0.1) is 13.8 Å². The Hall–Kier alpha value is -2.18. The van der Waals surface area contributed by atoms with Crippen molar-refractivity contribution in [2.75, 3.05) is 6.61 Å². The van der Waals surface area contributed by atoms with Crippen LogP contribution in [0.2, 0.25) is 0 Å². The second-order valence-corrected chi connectivity index (χ2v) is 9.28. The van der Waals surface area contributed by atoms with E-state index >= 15 is 0 Å². The normalized spacial score (nSPS) is 23.2. The third-order valence-corrected chi connectivity index (χ3v) is 7.03. The molecule has 5 nitrogen and oxygen atoms in total. The zero-order valence-electron chi connectivity index (χ0n) is 16.5. The van der Waals surface area contributed by atoms with E-state index in [2.05, 4.69) is 46.5 Å². The Kier molecular flexibility index (Phi) is 4.33. The Bertz CT molecular complexity index is 1150. The Morgan fingerprint density at radius 3 is 2.83 bits per heavy atom. The molecule has 1 saturated heterocycles. The van der Waals surface area contributed by atoms with E-state index in [9.17, 15) is 9.90 Å². The molecule has 29 heavy (non-hydrogen) atoms. The van der Waals surface area contributed by atoms with Gasteiger partial charge in [0, 0.05) is 23.2 Å². The molecule has 3 heterocycles. The van der Waals surface area contributed by atoms with E-state index in [1.54, 1.807) is 0 Å². The lowest BCUT2D eigenvalue weighted by atomic mass is 9.71. The summed E-state index contributed by atoms with van der Waals surface area (Å²) in [6, 6.07) is 10.1. The van der Waals surface area contributed by atoms with Crippen LogP contribution in [-0.4, -0.2) is 33.3 Å². The maximum Gasteiger partial charge on any atom is 0.316 e. The van der Waals surface area contributed by atoms with Gasteiger partial charge in [0.1, 0.15) is 11.2 Å². The number of hydrogen-bond donors (Lipinski definition) is 1. The van der Waals surface area contributed by atoms with Gasteiger partial charge < -0.3 is 14.4 Å². The summed E-state index contributed by atoms with van der Waals surface area (Å²) >= 11 is 3.55. The number of ether oxygens (including phenoxy) is 1. The van der Waals surface area contributed by atoms with Gasteiger partial charge >= 0.3 is 5.97 Å². The molecular formula is C23H23BrN2O3. The van der Waals surface area contributed by atoms with Crippen molar-refractivity contribution in [3.05, 3.63) is 51.5 Å². The number of hydrogen-bond acceptors (Lipinski definition) is 3. The van der Waals surface area contributed by atoms with Crippen LogP contribution in [0.25, 0.3) is 22.4 Å². The van der Waals surface area contributed by atoms with Crippen molar-refractivity contribution in [1.29, 1.82) is 0 Å². The van der Waals surface area contributed by atoms with Crippen molar-refractivity contribution in [1.82, 2.24) is 9.55 Å². The number of halogens is 1. The third kappa shape index (κ3) is 2.84. The van der Waals surface area contributed by atoms with Gasteiger partial charge in [-0.05, 0) is 80.1 Å². The lowest BCUT2D eigenvalue weighted by Gasteiger charge is -2.38. The highest BCUT2D eigenvalue weighted by Gasteiger charge is 2.48. The van der Waals surface area contributed by atoms with Crippen LogP contribution in [0.15, 0.2) is 34.8 Å². The molecule has 1 aromatic heterocycles. The van der Waals surface area contributed by atoms with Crippen molar-refractivity contribution >= 4 is 32.9 Å². The largest absolute Gasteiger partial charge is 0.481 e. The molecule has 0 radical (unpaired) electrons. The number of benzene rings is 2. The van der Waals surface area contributed by atoms with Crippen molar-refractivity contribution in [3.63, 3.8) is 0 Å². The summed E-state index contributed by atoms with van der Waals surface area (Å²) < 4.78 is 8.85. The quantitative estimate of drug-likeness (QED) is 0.605. The fourth-order valence-corrected chi connectivity index (χ4v) is 5.21. The molecule has 2 aromatic carbocycles. The van der Waals surface area contributed by atoms with E-state index in [0.717, 1.165) is 45.3 Å². The second-order valence-electron chi connectivity index (χ2n) is 8.36. The lowest BCUT2D eigenvalue weighted by Crippen LogP contribution is -2.45. The van der Waals surface area contributed by atoms with Gasteiger partial charge in [0.25, 0.3) is 0 Å². The zero-order chi connectivity index (χ0) is 20.3. The van der Waals surface area contributed by atoms with Crippen LogP contribution >= 0.6 is 15.9 Å². The Morgan fingerprint density at radius 2 is 2.10 bits per heavy atom. The summed E-state index contributed by atoms with van der Waals surface area (Å²) in [5, 5.41) is 10.5. The number of aromatic nitrogens is 2. The van der Waals surface area contributed by atoms with Gasteiger partial charge in [-0.1, -0.05) is 15.9 Å².